The zero-order valence-corrected chi connectivity index (χ0v) is 19.0. The van der Waals surface area contributed by atoms with E-state index in [2.05, 4.69) is 4.74 Å². The summed E-state index contributed by atoms with van der Waals surface area (Å²) in [5.74, 6) is -6.37. The van der Waals surface area contributed by atoms with Crippen molar-refractivity contribution in [3.05, 3.63) is 39.0 Å². The van der Waals surface area contributed by atoms with Gasteiger partial charge in [0, 0.05) is 17.6 Å². The van der Waals surface area contributed by atoms with E-state index in [0.29, 0.717) is 0 Å². The summed E-state index contributed by atoms with van der Waals surface area (Å²) in [5, 5.41) is 82.8. The molecular formula is C23H24O13. The van der Waals surface area contributed by atoms with Crippen LogP contribution in [0.5, 0.6) is 17.2 Å². The number of phenols is 3. The fraction of sp³-hybridized carbons (Fsp3) is 0.435. The minimum atomic E-state index is -2.00. The molecule has 1 saturated heterocycles. The van der Waals surface area contributed by atoms with Gasteiger partial charge in [-0.3, -0.25) is 9.59 Å². The van der Waals surface area contributed by atoms with Crippen molar-refractivity contribution in [2.24, 2.45) is 0 Å². The van der Waals surface area contributed by atoms with Crippen LogP contribution in [0, 0.1) is 0 Å². The van der Waals surface area contributed by atoms with E-state index in [1.165, 1.54) is 6.92 Å². The van der Waals surface area contributed by atoms with Gasteiger partial charge in [0.2, 0.25) is 0 Å². The Bertz CT molecular complexity index is 1240. The first-order valence-electron chi connectivity index (χ1n) is 10.8. The third-order valence-corrected chi connectivity index (χ3v) is 6.81. The fourth-order valence-corrected chi connectivity index (χ4v) is 4.98. The largest absolute Gasteiger partial charge is 0.507 e. The Morgan fingerprint density at radius 2 is 1.56 bits per heavy atom. The zero-order valence-electron chi connectivity index (χ0n) is 19.0. The molecule has 1 fully saturated rings. The zero-order chi connectivity index (χ0) is 26.8. The number of carbonyl (C=O) groups excluding carboxylic acids is 3. The number of allylic oxidation sites excluding steroid dienone is 2. The highest BCUT2D eigenvalue weighted by atomic mass is 16.5. The Kier molecular flexibility index (Phi) is 6.41. The summed E-state index contributed by atoms with van der Waals surface area (Å²) in [6, 6.07) is 0. The van der Waals surface area contributed by atoms with Gasteiger partial charge in [-0.05, 0) is 12.5 Å². The normalized spacial score (nSPS) is 30.3. The van der Waals surface area contributed by atoms with Crippen molar-refractivity contribution in [2.45, 2.75) is 50.0 Å². The van der Waals surface area contributed by atoms with Crippen molar-refractivity contribution in [1.82, 2.24) is 0 Å². The van der Waals surface area contributed by atoms with Crippen molar-refractivity contribution in [3.8, 4) is 17.2 Å². The molecule has 4 rings (SSSR count). The lowest BCUT2D eigenvalue weighted by Gasteiger charge is -2.41. The monoisotopic (exact) mass is 508 g/mol. The maximum absolute atomic E-state index is 13.5. The molecule has 1 aromatic carbocycles. The van der Waals surface area contributed by atoms with Crippen molar-refractivity contribution < 1.29 is 64.7 Å². The molecule has 194 valence electrons. The molecule has 1 heterocycles. The van der Waals surface area contributed by atoms with Crippen LogP contribution in [0.3, 0.4) is 0 Å². The molecule has 8 N–H and O–H groups in total. The van der Waals surface area contributed by atoms with Crippen LogP contribution in [0.15, 0.2) is 22.3 Å². The molecule has 36 heavy (non-hydrogen) atoms. The molecule has 2 aliphatic carbocycles. The smallest absolute Gasteiger partial charge is 0.336 e. The third kappa shape index (κ3) is 3.43. The number of hydrogen-bond acceptors (Lipinski definition) is 13. The van der Waals surface area contributed by atoms with Crippen LogP contribution in [0.4, 0.5) is 0 Å². The Morgan fingerprint density at radius 3 is 2.14 bits per heavy atom. The second-order valence-electron chi connectivity index (χ2n) is 8.72. The molecule has 1 aliphatic heterocycles. The molecule has 0 spiro atoms. The average Bonchev–Trinajstić information content (AvgIpc) is 2.84. The number of ketones is 2. The van der Waals surface area contributed by atoms with Gasteiger partial charge >= 0.3 is 5.97 Å². The van der Waals surface area contributed by atoms with Crippen LogP contribution in [0.1, 0.15) is 45.7 Å². The number of esters is 1. The van der Waals surface area contributed by atoms with Gasteiger partial charge in [-0.15, -0.1) is 0 Å². The molecule has 0 aromatic heterocycles. The van der Waals surface area contributed by atoms with Crippen LogP contribution < -0.4 is 0 Å². The number of methoxy groups -OCH3 is 1. The van der Waals surface area contributed by atoms with Crippen molar-refractivity contribution in [1.29, 1.82) is 0 Å². The van der Waals surface area contributed by atoms with Gasteiger partial charge in [0.15, 0.2) is 23.1 Å². The van der Waals surface area contributed by atoms with E-state index < -0.39 is 101 Å². The number of aliphatic hydroxyl groups is 5. The van der Waals surface area contributed by atoms with Gasteiger partial charge in [0.1, 0.15) is 36.3 Å². The second kappa shape index (κ2) is 8.96. The second-order valence-corrected chi connectivity index (χ2v) is 8.72. The van der Waals surface area contributed by atoms with Crippen LogP contribution in [-0.4, -0.2) is 103 Å². The summed E-state index contributed by atoms with van der Waals surface area (Å²) < 4.78 is 9.98. The van der Waals surface area contributed by atoms with E-state index in [0.717, 1.165) is 7.11 Å². The summed E-state index contributed by atoms with van der Waals surface area (Å²) >= 11 is 0. The first-order chi connectivity index (χ1) is 16.9. The van der Waals surface area contributed by atoms with Gasteiger partial charge in [-0.25, -0.2) is 4.79 Å². The van der Waals surface area contributed by atoms with Crippen LogP contribution in [-0.2, 0) is 14.3 Å². The number of aromatic hydroxyl groups is 3. The minimum Gasteiger partial charge on any atom is -0.507 e. The van der Waals surface area contributed by atoms with E-state index in [4.69, 9.17) is 4.74 Å². The number of hydrogen-bond donors (Lipinski definition) is 8. The highest BCUT2D eigenvalue weighted by Gasteiger charge is 2.49. The van der Waals surface area contributed by atoms with Gasteiger partial charge in [0.25, 0.3) is 0 Å². The molecule has 1 aromatic rings. The lowest BCUT2D eigenvalue weighted by atomic mass is 9.72. The first-order valence-corrected chi connectivity index (χ1v) is 10.8. The summed E-state index contributed by atoms with van der Waals surface area (Å²) in [6.07, 6.45) is -11.0. The minimum absolute atomic E-state index is 0.0963. The maximum Gasteiger partial charge on any atom is 0.336 e. The molecule has 0 saturated carbocycles. The first kappa shape index (κ1) is 25.8. The molecule has 3 aliphatic rings. The SMILES string of the molecule is COC(=O)C1=C(C)C2=C(CC1O)C(=O)c1c(O)c(O)c(C3O[C@H](CO)[C@@H](O)[C@H](O)[C@H]3O)c(O)c1C2=O. The third-order valence-electron chi connectivity index (χ3n) is 6.81. The molecule has 13 heteroatoms. The predicted molar refractivity (Wildman–Crippen MR) is 115 cm³/mol. The van der Waals surface area contributed by atoms with Crippen molar-refractivity contribution in [3.63, 3.8) is 0 Å². The lowest BCUT2D eigenvalue weighted by molar-refractivity contribution is -0.232. The summed E-state index contributed by atoms with van der Waals surface area (Å²) in [4.78, 5) is 39.0. The van der Waals surface area contributed by atoms with E-state index in [-0.39, 0.29) is 22.3 Å². The van der Waals surface area contributed by atoms with Gasteiger partial charge in [0.05, 0.1) is 42.1 Å². The molecule has 0 bridgehead atoms. The number of phenolic OH excluding ortho intramolecular Hbond substituents is 3. The quantitative estimate of drug-likeness (QED) is 0.129. The number of rotatable bonds is 3. The predicted octanol–water partition coefficient (Wildman–Crippen LogP) is -1.75. The highest BCUT2D eigenvalue weighted by molar-refractivity contribution is 6.31. The molecular weight excluding hydrogens is 484 g/mol. The molecule has 2 unspecified atom stereocenters. The summed E-state index contributed by atoms with van der Waals surface area (Å²) in [7, 11) is 1.06. The Labute approximate surface area is 202 Å². The maximum atomic E-state index is 13.5. The topological polar surface area (TPSA) is 232 Å². The van der Waals surface area contributed by atoms with E-state index in [9.17, 15) is 55.2 Å². The van der Waals surface area contributed by atoms with Gasteiger partial charge in [-0.2, -0.15) is 0 Å². The van der Waals surface area contributed by atoms with Crippen LogP contribution >= 0.6 is 0 Å². The van der Waals surface area contributed by atoms with E-state index in [1.54, 1.807) is 0 Å². The average molecular weight is 508 g/mol. The standard InChI is InChI=1S/C23H24O13/c1-5-9-6(3-7(25)10(5)23(34)35-2)14(26)11-12(16(9)28)17(29)13(19(31)18(11)30)22-21(33)20(32)15(27)8(4-24)36-22/h7-8,15,20-22,24-25,27,29-33H,3-4H2,1-2H3/t7?,8-,15-,20+,21-,22?/m1/s1. The highest BCUT2D eigenvalue weighted by Crippen LogP contribution is 2.52. The van der Waals surface area contributed by atoms with Crippen LogP contribution in [0.25, 0.3) is 0 Å². The summed E-state index contributed by atoms with van der Waals surface area (Å²) in [5.41, 5.74) is -3.29. The number of aliphatic hydroxyl groups excluding tert-OH is 5. The van der Waals surface area contributed by atoms with Crippen LogP contribution in [0.2, 0.25) is 0 Å². The van der Waals surface area contributed by atoms with Crippen molar-refractivity contribution >= 4 is 17.5 Å². The number of fused-ring (bicyclic) bond motifs is 1. The summed E-state index contributed by atoms with van der Waals surface area (Å²) in [6.45, 7) is 0.451. The molecule has 0 amide bonds. The Hall–Kier alpha value is -3.33. The molecule has 13 nitrogen and oxygen atoms in total. The van der Waals surface area contributed by atoms with E-state index in [1.807, 2.05) is 0 Å². The number of benzene rings is 1. The number of Topliss-reactive ketones (excluding diaryl/α,β-unsaturated/α-hetero) is 2. The van der Waals surface area contributed by atoms with Gasteiger partial charge in [-0.1, -0.05) is 0 Å². The fourth-order valence-electron chi connectivity index (χ4n) is 4.98. The molecule has 6 atom stereocenters. The van der Waals surface area contributed by atoms with Crippen molar-refractivity contribution in [2.75, 3.05) is 13.7 Å². The molecule has 0 radical (unpaired) electrons. The lowest BCUT2D eigenvalue weighted by Crippen LogP contribution is -2.55. The number of ether oxygens (including phenoxy) is 2. The van der Waals surface area contributed by atoms with E-state index >= 15 is 0 Å². The Balaban J connectivity index is 1.94. The van der Waals surface area contributed by atoms with Gasteiger partial charge < -0.3 is 50.3 Å². The Morgan fingerprint density at radius 1 is 0.944 bits per heavy atom. The number of carbonyl (C=O) groups is 3.